The summed E-state index contributed by atoms with van der Waals surface area (Å²) in [6, 6.07) is 7.02. The molecule has 23 heavy (non-hydrogen) atoms. The molecule has 1 amide bonds. The molecule has 0 aliphatic carbocycles. The first kappa shape index (κ1) is 16.6. The summed E-state index contributed by atoms with van der Waals surface area (Å²) in [5.74, 6) is -0.650. The molecule has 1 aromatic heterocycles. The predicted octanol–water partition coefficient (Wildman–Crippen LogP) is -0.384. The summed E-state index contributed by atoms with van der Waals surface area (Å²) in [6.07, 6.45) is 0. The van der Waals surface area contributed by atoms with Crippen molar-refractivity contribution in [1.29, 1.82) is 0 Å². The zero-order chi connectivity index (χ0) is 17.0. The van der Waals surface area contributed by atoms with Gasteiger partial charge < -0.3 is 10.1 Å². The van der Waals surface area contributed by atoms with Crippen LogP contribution in [0.15, 0.2) is 33.9 Å². The Morgan fingerprint density at radius 2 is 1.91 bits per heavy atom. The number of carbonyl (C=O) groups excluding carboxylic acids is 1. The Morgan fingerprint density at radius 3 is 2.52 bits per heavy atom. The minimum atomic E-state index is -0.742. The van der Waals surface area contributed by atoms with Crippen LogP contribution >= 0.6 is 0 Å². The van der Waals surface area contributed by atoms with Crippen LogP contribution in [0.1, 0.15) is 16.1 Å². The number of aromatic nitrogens is 3. The van der Waals surface area contributed by atoms with E-state index in [0.29, 0.717) is 12.3 Å². The molecule has 0 aliphatic rings. The largest absolute Gasteiger partial charge is 0.383 e. The maximum absolute atomic E-state index is 12.2. The molecular formula is C15H18N4O4. The van der Waals surface area contributed by atoms with Crippen molar-refractivity contribution in [2.45, 2.75) is 6.92 Å². The highest BCUT2D eigenvalue weighted by Crippen LogP contribution is 2.05. The average Bonchev–Trinajstić information content (AvgIpc) is 2.54. The highest BCUT2D eigenvalue weighted by molar-refractivity contribution is 5.91. The van der Waals surface area contributed by atoms with E-state index >= 15 is 0 Å². The number of ether oxygens (including phenoxy) is 1. The third kappa shape index (κ3) is 3.54. The van der Waals surface area contributed by atoms with E-state index in [-0.39, 0.29) is 12.2 Å². The van der Waals surface area contributed by atoms with E-state index in [1.165, 1.54) is 14.2 Å². The lowest BCUT2D eigenvalue weighted by atomic mass is 10.2. The molecule has 0 fully saturated rings. The van der Waals surface area contributed by atoms with Crippen LogP contribution < -0.4 is 16.6 Å². The second kappa shape index (κ2) is 7.01. The van der Waals surface area contributed by atoms with Crippen molar-refractivity contribution in [1.82, 2.24) is 19.7 Å². The van der Waals surface area contributed by atoms with E-state index in [1.54, 1.807) is 12.1 Å². The Hall–Kier alpha value is -2.74. The minimum absolute atomic E-state index is 0.240. The monoisotopic (exact) mass is 318 g/mol. The number of nitrogens with one attached hydrogen (secondary N) is 1. The van der Waals surface area contributed by atoms with Crippen LogP contribution in [0.2, 0.25) is 0 Å². The quantitative estimate of drug-likeness (QED) is 0.758. The number of rotatable bonds is 5. The van der Waals surface area contributed by atoms with Crippen LogP contribution in [0.25, 0.3) is 5.69 Å². The van der Waals surface area contributed by atoms with Gasteiger partial charge in [-0.1, -0.05) is 17.7 Å². The number of hydrogen-bond donors (Lipinski definition) is 1. The Kier molecular flexibility index (Phi) is 5.07. The number of aryl methyl sites for hydroxylation is 1. The van der Waals surface area contributed by atoms with Crippen molar-refractivity contribution in [3.8, 4) is 5.69 Å². The van der Waals surface area contributed by atoms with E-state index in [2.05, 4.69) is 10.4 Å². The molecule has 0 unspecified atom stereocenters. The van der Waals surface area contributed by atoms with Crippen LogP contribution in [-0.2, 0) is 11.8 Å². The summed E-state index contributed by atoms with van der Waals surface area (Å²) in [7, 11) is 2.81. The summed E-state index contributed by atoms with van der Waals surface area (Å²) in [5.41, 5.74) is -0.212. The van der Waals surface area contributed by atoms with Crippen molar-refractivity contribution in [2.24, 2.45) is 7.05 Å². The normalized spacial score (nSPS) is 10.6. The van der Waals surface area contributed by atoms with Gasteiger partial charge in [0.2, 0.25) is 5.69 Å². The SMILES string of the molecule is COCCNC(=O)c1nn(-c2ccc(C)cc2)c(=O)n(C)c1=O. The molecule has 0 saturated carbocycles. The molecule has 8 nitrogen and oxygen atoms in total. The van der Waals surface area contributed by atoms with Crippen molar-refractivity contribution in [3.63, 3.8) is 0 Å². The molecule has 0 spiro atoms. The second-order valence-electron chi connectivity index (χ2n) is 4.99. The fourth-order valence-corrected chi connectivity index (χ4v) is 1.92. The zero-order valence-corrected chi connectivity index (χ0v) is 13.2. The molecule has 1 aromatic carbocycles. The van der Waals surface area contributed by atoms with Gasteiger partial charge in [0.1, 0.15) is 0 Å². The molecule has 1 heterocycles. The van der Waals surface area contributed by atoms with Gasteiger partial charge in [-0.2, -0.15) is 9.78 Å². The Labute approximate surface area is 132 Å². The smallest absolute Gasteiger partial charge is 0.351 e. The van der Waals surface area contributed by atoms with Gasteiger partial charge in [-0.25, -0.2) is 4.79 Å². The molecule has 1 N–H and O–H groups in total. The van der Waals surface area contributed by atoms with Gasteiger partial charge in [-0.3, -0.25) is 14.2 Å². The highest BCUT2D eigenvalue weighted by atomic mass is 16.5. The molecule has 0 atom stereocenters. The molecule has 8 heteroatoms. The van der Waals surface area contributed by atoms with Crippen LogP contribution in [-0.4, -0.2) is 40.5 Å². The second-order valence-corrected chi connectivity index (χ2v) is 4.99. The number of amides is 1. The molecule has 2 aromatic rings. The Bertz CT molecular complexity index is 821. The summed E-state index contributed by atoms with van der Waals surface area (Å²) < 4.78 is 6.72. The Balaban J connectivity index is 2.49. The van der Waals surface area contributed by atoms with Gasteiger partial charge in [0, 0.05) is 20.7 Å². The van der Waals surface area contributed by atoms with Gasteiger partial charge in [0.05, 0.1) is 12.3 Å². The van der Waals surface area contributed by atoms with Crippen LogP contribution in [0.4, 0.5) is 0 Å². The zero-order valence-electron chi connectivity index (χ0n) is 13.2. The highest BCUT2D eigenvalue weighted by Gasteiger charge is 2.18. The molecule has 122 valence electrons. The molecule has 0 radical (unpaired) electrons. The molecule has 2 rings (SSSR count). The van der Waals surface area contributed by atoms with E-state index in [0.717, 1.165) is 14.8 Å². The van der Waals surface area contributed by atoms with E-state index in [1.807, 2.05) is 19.1 Å². The Morgan fingerprint density at radius 1 is 1.26 bits per heavy atom. The van der Waals surface area contributed by atoms with Crippen molar-refractivity contribution >= 4 is 5.91 Å². The number of nitrogens with zero attached hydrogens (tertiary/aromatic N) is 3. The first-order chi connectivity index (χ1) is 11.0. The van der Waals surface area contributed by atoms with Gasteiger partial charge in [0.25, 0.3) is 11.5 Å². The van der Waals surface area contributed by atoms with Crippen LogP contribution in [0, 0.1) is 6.92 Å². The maximum atomic E-state index is 12.2. The fourth-order valence-electron chi connectivity index (χ4n) is 1.92. The fraction of sp³-hybridized carbons (Fsp3) is 0.333. The first-order valence-corrected chi connectivity index (χ1v) is 7.00. The van der Waals surface area contributed by atoms with Crippen LogP contribution in [0.5, 0.6) is 0 Å². The van der Waals surface area contributed by atoms with Crippen molar-refractivity contribution in [2.75, 3.05) is 20.3 Å². The number of methoxy groups -OCH3 is 1. The van der Waals surface area contributed by atoms with Gasteiger partial charge in [-0.05, 0) is 19.1 Å². The molecule has 0 saturated heterocycles. The van der Waals surface area contributed by atoms with Crippen molar-refractivity contribution in [3.05, 3.63) is 56.4 Å². The van der Waals surface area contributed by atoms with Gasteiger partial charge in [0.15, 0.2) is 0 Å². The summed E-state index contributed by atoms with van der Waals surface area (Å²) in [6.45, 7) is 2.46. The topological polar surface area (TPSA) is 95.2 Å². The lowest BCUT2D eigenvalue weighted by Crippen LogP contribution is -2.44. The van der Waals surface area contributed by atoms with E-state index in [9.17, 15) is 14.4 Å². The third-order valence-electron chi connectivity index (χ3n) is 3.26. The number of benzene rings is 1. The standard InChI is InChI=1S/C15H18N4O4/c1-10-4-6-11(7-5-10)19-15(22)18(2)14(21)12(17-19)13(20)16-8-9-23-3/h4-7H,8-9H2,1-3H3,(H,16,20). The lowest BCUT2D eigenvalue weighted by Gasteiger charge is -2.09. The number of hydrogen-bond acceptors (Lipinski definition) is 5. The summed E-state index contributed by atoms with van der Waals surface area (Å²) >= 11 is 0. The average molecular weight is 318 g/mol. The van der Waals surface area contributed by atoms with Gasteiger partial charge in [-0.15, -0.1) is 0 Å². The van der Waals surface area contributed by atoms with Crippen molar-refractivity contribution < 1.29 is 9.53 Å². The lowest BCUT2D eigenvalue weighted by molar-refractivity contribution is 0.0927. The number of carbonyl (C=O) groups is 1. The first-order valence-electron chi connectivity index (χ1n) is 7.00. The van der Waals surface area contributed by atoms with E-state index < -0.39 is 17.2 Å². The van der Waals surface area contributed by atoms with Gasteiger partial charge >= 0.3 is 5.69 Å². The molecular weight excluding hydrogens is 300 g/mol. The molecule has 0 bridgehead atoms. The van der Waals surface area contributed by atoms with E-state index in [4.69, 9.17) is 4.74 Å². The molecule has 0 aliphatic heterocycles. The van der Waals surface area contributed by atoms with Crippen LogP contribution in [0.3, 0.4) is 0 Å². The maximum Gasteiger partial charge on any atom is 0.351 e. The summed E-state index contributed by atoms with van der Waals surface area (Å²) in [5, 5.41) is 6.45. The third-order valence-corrected chi connectivity index (χ3v) is 3.26. The predicted molar refractivity (Wildman–Crippen MR) is 84.0 cm³/mol. The summed E-state index contributed by atoms with van der Waals surface area (Å²) in [4.78, 5) is 36.4. The minimum Gasteiger partial charge on any atom is -0.383 e.